The van der Waals surface area contributed by atoms with Crippen molar-refractivity contribution in [3.8, 4) is 11.1 Å². The summed E-state index contributed by atoms with van der Waals surface area (Å²) in [6.07, 6.45) is 1.62. The van der Waals surface area contributed by atoms with Crippen LogP contribution in [0.4, 0.5) is 18.6 Å². The first-order valence-electron chi connectivity index (χ1n) is 9.76. The molecule has 0 saturated carbocycles. The molecule has 1 unspecified atom stereocenters. The number of hydrogen-bond donors (Lipinski definition) is 2. The van der Waals surface area contributed by atoms with Crippen molar-refractivity contribution in [2.45, 2.75) is 37.5 Å². The maximum Gasteiger partial charge on any atom is 0.332 e. The van der Waals surface area contributed by atoms with E-state index in [-0.39, 0.29) is 29.1 Å². The number of nitrogens with zero attached hydrogens (tertiary/aromatic N) is 3. The topological polar surface area (TPSA) is 118 Å². The largest absolute Gasteiger partial charge is 0.332 e. The number of anilines is 1. The van der Waals surface area contributed by atoms with Gasteiger partial charge < -0.3 is 0 Å². The van der Waals surface area contributed by atoms with Gasteiger partial charge in [-0.2, -0.15) is 13.6 Å². The lowest BCUT2D eigenvalue weighted by Gasteiger charge is -2.17. The standard InChI is InChI=1S/C20H20F3N5O3S/c1-2-3-5-13(19(29)24-20-25-27-28-26-20)9-16-17(21)10-14(11-18(16)22)12-6-4-7-15(8-12)32(23,30)31/h4,6-8,10-11,13H,2-3,5,9H2,1H3,(H2,24,25,26,27,28,29). The number of nitrogens with one attached hydrogen (secondary N) is 2. The molecule has 2 aromatic carbocycles. The molecule has 12 heteroatoms. The van der Waals surface area contributed by atoms with E-state index in [4.69, 9.17) is 0 Å². The molecule has 1 heterocycles. The number of aromatic nitrogens is 4. The molecule has 0 fully saturated rings. The van der Waals surface area contributed by atoms with Gasteiger partial charge in [0.25, 0.3) is 5.95 Å². The van der Waals surface area contributed by atoms with Crippen molar-refractivity contribution in [3.63, 3.8) is 0 Å². The van der Waals surface area contributed by atoms with Gasteiger partial charge in [0.2, 0.25) is 5.91 Å². The van der Waals surface area contributed by atoms with E-state index < -0.39 is 38.6 Å². The maximum atomic E-state index is 14.9. The Morgan fingerprint density at radius 1 is 1.16 bits per heavy atom. The summed E-state index contributed by atoms with van der Waals surface area (Å²) >= 11 is 0. The van der Waals surface area contributed by atoms with E-state index in [1.165, 1.54) is 12.1 Å². The number of unbranched alkanes of at least 4 members (excludes halogenated alkanes) is 1. The number of aromatic amines is 1. The minimum absolute atomic E-state index is 0.0376. The van der Waals surface area contributed by atoms with Gasteiger partial charge in [0, 0.05) is 11.5 Å². The SMILES string of the molecule is CCCCC(Cc1c(F)cc(-c2cccc(S(=O)(=O)F)c2)cc1F)C(=O)Nc1nn[nH]n1. The van der Waals surface area contributed by atoms with Crippen LogP contribution in [-0.2, 0) is 21.4 Å². The second-order valence-corrected chi connectivity index (χ2v) is 8.50. The summed E-state index contributed by atoms with van der Waals surface area (Å²) in [5.74, 6) is -3.09. The fourth-order valence-corrected chi connectivity index (χ4v) is 3.75. The Balaban J connectivity index is 1.88. The molecule has 0 saturated heterocycles. The van der Waals surface area contributed by atoms with Gasteiger partial charge in [-0.1, -0.05) is 37.0 Å². The molecule has 3 aromatic rings. The molecule has 1 aromatic heterocycles. The van der Waals surface area contributed by atoms with Gasteiger partial charge in [0.05, 0.1) is 4.90 Å². The van der Waals surface area contributed by atoms with Crippen LogP contribution in [0, 0.1) is 17.6 Å². The number of H-pyrrole nitrogens is 1. The van der Waals surface area contributed by atoms with Crippen LogP contribution in [0.3, 0.4) is 0 Å². The van der Waals surface area contributed by atoms with Gasteiger partial charge in [-0.25, -0.2) is 8.78 Å². The first-order valence-corrected chi connectivity index (χ1v) is 11.1. The minimum atomic E-state index is -4.97. The van der Waals surface area contributed by atoms with Gasteiger partial charge in [-0.3, -0.25) is 10.1 Å². The van der Waals surface area contributed by atoms with Gasteiger partial charge in [0.15, 0.2) is 0 Å². The smallest absolute Gasteiger partial charge is 0.292 e. The van der Waals surface area contributed by atoms with Crippen LogP contribution in [0.2, 0.25) is 0 Å². The highest BCUT2D eigenvalue weighted by molar-refractivity contribution is 7.86. The van der Waals surface area contributed by atoms with Crippen LogP contribution in [0.5, 0.6) is 0 Å². The molecule has 3 rings (SSSR count). The Morgan fingerprint density at radius 3 is 2.47 bits per heavy atom. The Labute approximate surface area is 182 Å². The maximum absolute atomic E-state index is 14.9. The van der Waals surface area contributed by atoms with Crippen molar-refractivity contribution in [3.05, 3.63) is 53.6 Å². The fraction of sp³-hybridized carbons (Fsp3) is 0.300. The van der Waals surface area contributed by atoms with Crippen molar-refractivity contribution in [2.24, 2.45) is 5.92 Å². The molecule has 0 spiro atoms. The lowest BCUT2D eigenvalue weighted by molar-refractivity contribution is -0.120. The Morgan fingerprint density at radius 2 is 1.88 bits per heavy atom. The number of benzene rings is 2. The Kier molecular flexibility index (Phi) is 7.23. The summed E-state index contributed by atoms with van der Waals surface area (Å²) in [6, 6.07) is 6.76. The lowest BCUT2D eigenvalue weighted by Crippen LogP contribution is -2.26. The molecule has 0 radical (unpaired) electrons. The van der Waals surface area contributed by atoms with Crippen molar-refractivity contribution in [1.82, 2.24) is 20.6 Å². The Bertz CT molecular complexity index is 1180. The van der Waals surface area contributed by atoms with Crippen LogP contribution < -0.4 is 5.32 Å². The van der Waals surface area contributed by atoms with Crippen molar-refractivity contribution in [1.29, 1.82) is 0 Å². The molecule has 0 aliphatic heterocycles. The second kappa shape index (κ2) is 9.90. The van der Waals surface area contributed by atoms with Crippen molar-refractivity contribution in [2.75, 3.05) is 5.32 Å². The number of carbonyl (C=O) groups excluding carboxylic acids is 1. The lowest BCUT2D eigenvalue weighted by atomic mass is 9.91. The average Bonchev–Trinajstić information content (AvgIpc) is 3.25. The summed E-state index contributed by atoms with van der Waals surface area (Å²) in [5.41, 5.74) is -0.117. The Hall–Kier alpha value is -3.28. The van der Waals surface area contributed by atoms with Gasteiger partial charge in [0.1, 0.15) is 11.6 Å². The van der Waals surface area contributed by atoms with E-state index in [1.54, 1.807) is 0 Å². The zero-order valence-corrected chi connectivity index (χ0v) is 17.8. The van der Waals surface area contributed by atoms with E-state index in [2.05, 4.69) is 25.9 Å². The predicted octanol–water partition coefficient (Wildman–Crippen LogP) is 3.79. The number of hydrogen-bond acceptors (Lipinski definition) is 6. The first kappa shape index (κ1) is 23.4. The number of carbonyl (C=O) groups is 1. The first-order chi connectivity index (χ1) is 15.2. The third-order valence-corrected chi connectivity index (χ3v) is 5.71. The fourth-order valence-electron chi connectivity index (χ4n) is 3.24. The van der Waals surface area contributed by atoms with Gasteiger partial charge in [-0.15, -0.1) is 8.98 Å². The molecule has 1 atom stereocenters. The highest BCUT2D eigenvalue weighted by Crippen LogP contribution is 2.29. The molecule has 2 N–H and O–H groups in total. The monoisotopic (exact) mass is 467 g/mol. The van der Waals surface area contributed by atoms with Crippen LogP contribution in [0.15, 0.2) is 41.3 Å². The summed E-state index contributed by atoms with van der Waals surface area (Å²) < 4.78 is 65.2. The zero-order chi connectivity index (χ0) is 23.3. The van der Waals surface area contributed by atoms with Crippen LogP contribution in [0.1, 0.15) is 31.7 Å². The quantitative estimate of drug-likeness (QED) is 0.463. The molecule has 170 valence electrons. The third kappa shape index (κ3) is 5.69. The second-order valence-electron chi connectivity index (χ2n) is 7.15. The summed E-state index contributed by atoms with van der Waals surface area (Å²) in [6.45, 7) is 1.93. The molecule has 32 heavy (non-hydrogen) atoms. The predicted molar refractivity (Wildman–Crippen MR) is 110 cm³/mol. The summed E-state index contributed by atoms with van der Waals surface area (Å²) in [5, 5.41) is 15.3. The van der Waals surface area contributed by atoms with E-state index in [9.17, 15) is 25.9 Å². The summed E-state index contributed by atoms with van der Waals surface area (Å²) in [7, 11) is -4.97. The van der Waals surface area contributed by atoms with Crippen molar-refractivity contribution < 1.29 is 25.9 Å². The van der Waals surface area contributed by atoms with Gasteiger partial charge in [-0.05, 0) is 53.4 Å². The average molecular weight is 467 g/mol. The zero-order valence-electron chi connectivity index (χ0n) is 17.0. The van der Waals surface area contributed by atoms with Gasteiger partial charge >= 0.3 is 10.2 Å². The normalized spacial score (nSPS) is 12.5. The van der Waals surface area contributed by atoms with Crippen LogP contribution in [-0.4, -0.2) is 34.9 Å². The number of rotatable bonds is 9. The number of tetrazole rings is 1. The van der Waals surface area contributed by atoms with Crippen LogP contribution in [0.25, 0.3) is 11.1 Å². The molecule has 0 aliphatic rings. The van der Waals surface area contributed by atoms with Crippen molar-refractivity contribution >= 4 is 22.1 Å². The molecular formula is C20H20F3N5O3S. The van der Waals surface area contributed by atoms with E-state index in [1.807, 2.05) is 6.92 Å². The van der Waals surface area contributed by atoms with E-state index in [0.29, 0.717) is 12.8 Å². The molecule has 8 nitrogen and oxygen atoms in total. The highest BCUT2D eigenvalue weighted by Gasteiger charge is 2.24. The molecule has 0 aliphatic carbocycles. The summed E-state index contributed by atoms with van der Waals surface area (Å²) in [4.78, 5) is 12.0. The highest BCUT2D eigenvalue weighted by atomic mass is 32.3. The van der Waals surface area contributed by atoms with E-state index in [0.717, 1.165) is 30.7 Å². The third-order valence-electron chi connectivity index (χ3n) is 4.90. The molecule has 0 bridgehead atoms. The number of amides is 1. The van der Waals surface area contributed by atoms with E-state index >= 15 is 0 Å². The minimum Gasteiger partial charge on any atom is -0.292 e. The molecular weight excluding hydrogens is 447 g/mol. The van der Waals surface area contributed by atoms with Crippen LogP contribution >= 0.6 is 0 Å². The number of halogens is 3. The molecule has 1 amide bonds.